The molecule has 0 bridgehead atoms. The number of nitrogens with two attached hydrogens (primary N) is 1. The van der Waals surface area contributed by atoms with Crippen molar-refractivity contribution < 1.29 is 24.2 Å². The number of carboxylic acids is 1. The van der Waals surface area contributed by atoms with E-state index in [4.69, 9.17) is 10.5 Å². The largest absolute Gasteiger partial charge is 0.480 e. The van der Waals surface area contributed by atoms with Crippen LogP contribution in [0.15, 0.2) is 18.9 Å². The molecule has 27 heavy (non-hydrogen) atoms. The summed E-state index contributed by atoms with van der Waals surface area (Å²) in [4.78, 5) is 34.0. The van der Waals surface area contributed by atoms with Crippen LogP contribution in [-0.2, 0) is 9.53 Å². The first-order valence-corrected chi connectivity index (χ1v) is 8.48. The van der Waals surface area contributed by atoms with Crippen molar-refractivity contribution in [1.29, 1.82) is 0 Å². The Kier molecular flexibility index (Phi) is 8.76. The normalized spacial score (nSPS) is 12.9. The van der Waals surface area contributed by atoms with E-state index in [1.54, 1.807) is 0 Å². The van der Waals surface area contributed by atoms with Gasteiger partial charge in [0.1, 0.15) is 12.3 Å². The number of alkyl carbamates (subject to hydrolysis) is 1. The van der Waals surface area contributed by atoms with Crippen LogP contribution in [0.2, 0.25) is 0 Å². The predicted molar refractivity (Wildman–Crippen MR) is 95.8 cm³/mol. The molecule has 0 spiro atoms. The van der Waals surface area contributed by atoms with Crippen LogP contribution >= 0.6 is 0 Å². The van der Waals surface area contributed by atoms with Gasteiger partial charge >= 0.3 is 18.1 Å². The smallest absolute Gasteiger partial charge is 0.407 e. The van der Waals surface area contributed by atoms with Crippen LogP contribution in [-0.4, -0.2) is 51.3 Å². The van der Waals surface area contributed by atoms with Gasteiger partial charge in [-0.25, -0.2) is 19.1 Å². The van der Waals surface area contributed by atoms with Gasteiger partial charge in [0.25, 0.3) is 0 Å². The number of carbonyl (C=O) groups excluding carboxylic acids is 2. The summed E-state index contributed by atoms with van der Waals surface area (Å²) in [5, 5.41) is 22.4. The second-order valence-electron chi connectivity index (χ2n) is 6.16. The number of nitrogens with zero attached hydrogens (tertiary/aromatic N) is 3. The Morgan fingerprint density at radius 1 is 1.44 bits per heavy atom. The standard InChI is InChI=1S/C16H26N6O5/c1-4-8-27-16(26)19-13(10(2)3)11-9-22(21-20-11)12(14(23)24)6-5-7-18-15(17)25/h4,9-10,12-13H,1,5-8H2,2-3H3,(H,19,26)(H,23,24)(H3,17,18,25). The number of amides is 3. The molecule has 0 saturated carbocycles. The van der Waals surface area contributed by atoms with Crippen molar-refractivity contribution in [2.75, 3.05) is 13.2 Å². The third-order valence-corrected chi connectivity index (χ3v) is 3.68. The SMILES string of the molecule is C=CCOC(=O)NC(c1cn(C(CCCNC(N)=O)C(=O)O)nn1)C(C)C. The maximum atomic E-state index is 11.8. The number of hydrogen-bond donors (Lipinski definition) is 4. The molecule has 2 unspecified atom stereocenters. The molecule has 0 aromatic carbocycles. The molecule has 2 atom stereocenters. The molecule has 1 rings (SSSR count). The lowest BCUT2D eigenvalue weighted by atomic mass is 10.0. The first kappa shape index (κ1) is 21.9. The molecule has 0 saturated heterocycles. The lowest BCUT2D eigenvalue weighted by Crippen LogP contribution is -2.32. The molecule has 1 aromatic heterocycles. The molecular formula is C16H26N6O5. The highest BCUT2D eigenvalue weighted by Gasteiger charge is 2.26. The maximum Gasteiger partial charge on any atom is 0.407 e. The van der Waals surface area contributed by atoms with Crippen LogP contribution in [0.1, 0.15) is 44.5 Å². The molecule has 0 aliphatic rings. The van der Waals surface area contributed by atoms with Crippen molar-refractivity contribution in [3.63, 3.8) is 0 Å². The molecule has 1 aromatic rings. The summed E-state index contributed by atoms with van der Waals surface area (Å²) in [7, 11) is 0. The number of aromatic nitrogens is 3. The minimum atomic E-state index is -1.08. The van der Waals surface area contributed by atoms with E-state index in [1.807, 2.05) is 13.8 Å². The van der Waals surface area contributed by atoms with Gasteiger partial charge in [-0.15, -0.1) is 5.10 Å². The summed E-state index contributed by atoms with van der Waals surface area (Å²) in [6, 6.07) is -2.12. The molecular weight excluding hydrogens is 356 g/mol. The van der Waals surface area contributed by atoms with Crippen LogP contribution in [0, 0.1) is 5.92 Å². The molecule has 3 amide bonds. The molecule has 0 radical (unpaired) electrons. The van der Waals surface area contributed by atoms with E-state index in [2.05, 4.69) is 27.5 Å². The molecule has 0 fully saturated rings. The molecule has 11 heteroatoms. The van der Waals surface area contributed by atoms with E-state index in [1.165, 1.54) is 17.0 Å². The van der Waals surface area contributed by atoms with Gasteiger partial charge in [0, 0.05) is 6.54 Å². The number of hydrogen-bond acceptors (Lipinski definition) is 6. The van der Waals surface area contributed by atoms with Crippen LogP contribution in [0.3, 0.4) is 0 Å². The second kappa shape index (κ2) is 10.8. The lowest BCUT2D eigenvalue weighted by Gasteiger charge is -2.19. The topological polar surface area (TPSA) is 161 Å². The number of urea groups is 1. The van der Waals surface area contributed by atoms with E-state index < -0.39 is 30.2 Å². The summed E-state index contributed by atoms with van der Waals surface area (Å²) in [5.41, 5.74) is 5.39. The number of aliphatic carboxylic acids is 1. The van der Waals surface area contributed by atoms with Crippen molar-refractivity contribution in [2.45, 2.75) is 38.8 Å². The van der Waals surface area contributed by atoms with Crippen LogP contribution in [0.4, 0.5) is 9.59 Å². The number of primary amides is 1. The van der Waals surface area contributed by atoms with Gasteiger partial charge in [0.2, 0.25) is 0 Å². The molecule has 11 nitrogen and oxygen atoms in total. The average molecular weight is 382 g/mol. The maximum absolute atomic E-state index is 11.8. The van der Waals surface area contributed by atoms with Crippen molar-refractivity contribution in [1.82, 2.24) is 25.6 Å². The van der Waals surface area contributed by atoms with Gasteiger partial charge in [0.05, 0.1) is 12.2 Å². The summed E-state index contributed by atoms with van der Waals surface area (Å²) < 4.78 is 6.14. The molecule has 0 aliphatic heterocycles. The number of nitrogens with one attached hydrogen (secondary N) is 2. The predicted octanol–water partition coefficient (Wildman–Crippen LogP) is 0.962. The van der Waals surface area contributed by atoms with Gasteiger partial charge in [-0.2, -0.15) is 0 Å². The molecule has 1 heterocycles. The van der Waals surface area contributed by atoms with Crippen LogP contribution in [0.25, 0.3) is 0 Å². The highest BCUT2D eigenvalue weighted by Crippen LogP contribution is 2.21. The summed E-state index contributed by atoms with van der Waals surface area (Å²) in [6.07, 6.45) is 2.92. The fraction of sp³-hybridized carbons (Fsp3) is 0.562. The first-order valence-electron chi connectivity index (χ1n) is 8.48. The van der Waals surface area contributed by atoms with Gasteiger partial charge in [-0.3, -0.25) is 0 Å². The summed E-state index contributed by atoms with van der Waals surface area (Å²) in [5.74, 6) is -1.11. The Labute approximate surface area is 156 Å². The number of carbonyl (C=O) groups is 3. The van der Waals surface area contributed by atoms with Crippen molar-refractivity contribution in [3.8, 4) is 0 Å². The highest BCUT2D eigenvalue weighted by atomic mass is 16.5. The second-order valence-corrected chi connectivity index (χ2v) is 6.16. The third kappa shape index (κ3) is 7.34. The number of ether oxygens (including phenoxy) is 1. The minimum Gasteiger partial charge on any atom is -0.480 e. The molecule has 0 aliphatic carbocycles. The molecule has 150 valence electrons. The first-order chi connectivity index (χ1) is 12.8. The Morgan fingerprint density at radius 3 is 2.70 bits per heavy atom. The summed E-state index contributed by atoms with van der Waals surface area (Å²) >= 11 is 0. The zero-order chi connectivity index (χ0) is 20.4. The molecule has 5 N–H and O–H groups in total. The zero-order valence-corrected chi connectivity index (χ0v) is 15.4. The van der Waals surface area contributed by atoms with Gasteiger partial charge in [-0.1, -0.05) is 31.7 Å². The average Bonchev–Trinajstić information content (AvgIpc) is 3.05. The number of rotatable bonds is 11. The number of carboxylic acid groups (broad SMARTS) is 1. The third-order valence-electron chi connectivity index (χ3n) is 3.68. The van der Waals surface area contributed by atoms with Gasteiger partial charge < -0.3 is 26.2 Å². The minimum absolute atomic E-state index is 0.0329. The van der Waals surface area contributed by atoms with Crippen molar-refractivity contribution >= 4 is 18.1 Å². The fourth-order valence-corrected chi connectivity index (χ4v) is 2.35. The Hall–Kier alpha value is -3.11. The lowest BCUT2D eigenvalue weighted by molar-refractivity contribution is -0.141. The van der Waals surface area contributed by atoms with Crippen LogP contribution < -0.4 is 16.4 Å². The van der Waals surface area contributed by atoms with E-state index >= 15 is 0 Å². The van der Waals surface area contributed by atoms with E-state index in [0.29, 0.717) is 12.1 Å². The van der Waals surface area contributed by atoms with Crippen molar-refractivity contribution in [2.24, 2.45) is 11.7 Å². The Balaban J connectivity index is 2.82. The van der Waals surface area contributed by atoms with E-state index in [-0.39, 0.29) is 25.5 Å². The fourth-order valence-electron chi connectivity index (χ4n) is 2.35. The monoisotopic (exact) mass is 382 g/mol. The highest BCUT2D eigenvalue weighted by molar-refractivity contribution is 5.72. The Morgan fingerprint density at radius 2 is 2.15 bits per heavy atom. The van der Waals surface area contributed by atoms with Gasteiger partial charge in [-0.05, 0) is 18.8 Å². The van der Waals surface area contributed by atoms with Gasteiger partial charge in [0.15, 0.2) is 6.04 Å². The zero-order valence-electron chi connectivity index (χ0n) is 15.4. The van der Waals surface area contributed by atoms with Crippen molar-refractivity contribution in [3.05, 3.63) is 24.5 Å². The van der Waals surface area contributed by atoms with E-state index in [0.717, 1.165) is 0 Å². The summed E-state index contributed by atoms with van der Waals surface area (Å²) in [6.45, 7) is 7.55. The van der Waals surface area contributed by atoms with E-state index in [9.17, 15) is 19.5 Å². The Bertz CT molecular complexity index is 659. The quantitative estimate of drug-likeness (QED) is 0.327. The van der Waals surface area contributed by atoms with Crippen LogP contribution in [0.5, 0.6) is 0 Å².